The number of benzene rings is 1. The average molecular weight is 428 g/mol. The fourth-order valence-electron chi connectivity index (χ4n) is 3.56. The lowest BCUT2D eigenvalue weighted by Crippen LogP contribution is -2.34. The van der Waals surface area contributed by atoms with Gasteiger partial charge in [0.05, 0.1) is 16.6 Å². The molecule has 1 N–H and O–H groups in total. The second-order valence-electron chi connectivity index (χ2n) is 7.42. The van der Waals surface area contributed by atoms with Gasteiger partial charge >= 0.3 is 0 Å². The van der Waals surface area contributed by atoms with Crippen LogP contribution >= 0.6 is 11.3 Å². The summed E-state index contributed by atoms with van der Waals surface area (Å²) in [6.45, 7) is 4.68. The summed E-state index contributed by atoms with van der Waals surface area (Å²) in [7, 11) is 0. The average Bonchev–Trinajstić information content (AvgIpc) is 3.35. The molecule has 1 saturated heterocycles. The van der Waals surface area contributed by atoms with E-state index in [1.807, 2.05) is 0 Å². The van der Waals surface area contributed by atoms with E-state index in [4.69, 9.17) is 0 Å². The Balaban J connectivity index is 1.62. The first kappa shape index (κ1) is 20.2. The third-order valence-electron chi connectivity index (χ3n) is 5.32. The van der Waals surface area contributed by atoms with Crippen molar-refractivity contribution in [3.8, 4) is 0 Å². The Morgan fingerprint density at radius 1 is 1.23 bits per heavy atom. The molecule has 1 aliphatic heterocycles. The number of carbonyl (C=O) groups is 2. The van der Waals surface area contributed by atoms with Gasteiger partial charge in [-0.05, 0) is 49.9 Å². The number of halogens is 1. The van der Waals surface area contributed by atoms with Crippen molar-refractivity contribution in [1.82, 2.24) is 14.5 Å². The summed E-state index contributed by atoms with van der Waals surface area (Å²) >= 11 is 1.10. The number of nitrogens with one attached hydrogen (secondary N) is 1. The van der Waals surface area contributed by atoms with Crippen LogP contribution in [0.15, 0.2) is 29.3 Å². The van der Waals surface area contributed by atoms with Crippen LogP contribution in [0.4, 0.5) is 10.1 Å². The first-order chi connectivity index (χ1) is 14.3. The Morgan fingerprint density at radius 2 is 1.97 bits per heavy atom. The number of fused-ring (bicyclic) bond motifs is 1. The summed E-state index contributed by atoms with van der Waals surface area (Å²) < 4.78 is 15.0. The van der Waals surface area contributed by atoms with Gasteiger partial charge in [-0.3, -0.25) is 19.0 Å². The van der Waals surface area contributed by atoms with E-state index >= 15 is 0 Å². The molecule has 3 heterocycles. The Kier molecular flexibility index (Phi) is 5.38. The van der Waals surface area contributed by atoms with E-state index in [1.54, 1.807) is 30.9 Å². The molecule has 156 valence electrons. The zero-order valence-electron chi connectivity index (χ0n) is 16.7. The fraction of sp³-hybridized carbons (Fsp3) is 0.333. The smallest absolute Gasteiger partial charge is 0.266 e. The van der Waals surface area contributed by atoms with Gasteiger partial charge in [-0.15, -0.1) is 11.3 Å². The SMILES string of the molecule is Cc1ccc(NC(=O)c2sc3ncn(CC(=O)N4CCCC4)c(=O)c3c2C)cc1F. The van der Waals surface area contributed by atoms with Gasteiger partial charge < -0.3 is 10.2 Å². The molecule has 0 radical (unpaired) electrons. The van der Waals surface area contributed by atoms with Gasteiger partial charge in [0, 0.05) is 18.8 Å². The minimum absolute atomic E-state index is 0.0682. The number of aryl methyl sites for hydroxylation is 2. The van der Waals surface area contributed by atoms with Crippen molar-refractivity contribution in [1.29, 1.82) is 0 Å². The molecule has 1 aromatic carbocycles. The normalized spacial score (nSPS) is 13.8. The van der Waals surface area contributed by atoms with Crippen LogP contribution in [0.3, 0.4) is 0 Å². The van der Waals surface area contributed by atoms with Crippen LogP contribution in [0.1, 0.15) is 33.6 Å². The highest BCUT2D eigenvalue weighted by Gasteiger charge is 2.22. The number of nitrogens with zero attached hydrogens (tertiary/aromatic N) is 3. The van der Waals surface area contributed by atoms with Crippen LogP contribution in [0, 0.1) is 19.7 Å². The van der Waals surface area contributed by atoms with E-state index in [0.717, 1.165) is 24.2 Å². The van der Waals surface area contributed by atoms with Crippen molar-refractivity contribution in [3.63, 3.8) is 0 Å². The maximum Gasteiger partial charge on any atom is 0.266 e. The first-order valence-corrected chi connectivity index (χ1v) is 10.5. The fourth-order valence-corrected chi connectivity index (χ4v) is 4.59. The molecule has 30 heavy (non-hydrogen) atoms. The summed E-state index contributed by atoms with van der Waals surface area (Å²) in [6.07, 6.45) is 3.31. The lowest BCUT2D eigenvalue weighted by atomic mass is 10.2. The van der Waals surface area contributed by atoms with E-state index in [1.165, 1.54) is 17.0 Å². The summed E-state index contributed by atoms with van der Waals surface area (Å²) in [5.41, 5.74) is 0.975. The lowest BCUT2D eigenvalue weighted by Gasteiger charge is -2.15. The molecule has 0 saturated carbocycles. The summed E-state index contributed by atoms with van der Waals surface area (Å²) in [6, 6.07) is 4.46. The van der Waals surface area contributed by atoms with E-state index in [2.05, 4.69) is 10.3 Å². The molecule has 1 fully saturated rings. The van der Waals surface area contributed by atoms with E-state index in [9.17, 15) is 18.8 Å². The zero-order chi connectivity index (χ0) is 21.4. The van der Waals surface area contributed by atoms with Crippen molar-refractivity contribution in [2.75, 3.05) is 18.4 Å². The van der Waals surface area contributed by atoms with E-state index in [0.29, 0.717) is 45.0 Å². The Morgan fingerprint density at radius 3 is 2.67 bits per heavy atom. The van der Waals surface area contributed by atoms with Gasteiger partial charge in [-0.2, -0.15) is 0 Å². The molecular weight excluding hydrogens is 407 g/mol. The molecular formula is C21H21FN4O3S. The quantitative estimate of drug-likeness (QED) is 0.692. The van der Waals surface area contributed by atoms with Crippen molar-refractivity contribution in [2.24, 2.45) is 0 Å². The number of carbonyl (C=O) groups excluding carboxylic acids is 2. The maximum absolute atomic E-state index is 13.8. The molecule has 0 bridgehead atoms. The molecule has 7 nitrogen and oxygen atoms in total. The van der Waals surface area contributed by atoms with Crippen LogP contribution in [0.2, 0.25) is 0 Å². The first-order valence-electron chi connectivity index (χ1n) is 9.69. The standard InChI is InChI=1S/C21H21FN4O3S/c1-12-5-6-14(9-15(12)22)24-19(28)18-13(2)17-20(30-18)23-11-26(21(17)29)10-16(27)25-7-3-4-8-25/h5-6,9,11H,3-4,7-8,10H2,1-2H3,(H,24,28). The highest BCUT2D eigenvalue weighted by Crippen LogP contribution is 2.28. The molecule has 0 spiro atoms. The van der Waals surface area contributed by atoms with Gasteiger partial charge in [0.25, 0.3) is 11.5 Å². The highest BCUT2D eigenvalue weighted by atomic mass is 32.1. The Hall–Kier alpha value is -3.07. The van der Waals surface area contributed by atoms with Crippen LogP contribution in [0.25, 0.3) is 10.2 Å². The van der Waals surface area contributed by atoms with E-state index in [-0.39, 0.29) is 18.0 Å². The molecule has 3 aromatic rings. The molecule has 0 aliphatic carbocycles. The predicted octanol–water partition coefficient (Wildman–Crippen LogP) is 3.09. The molecule has 0 atom stereocenters. The molecule has 1 aliphatic rings. The van der Waals surface area contributed by atoms with Gasteiger partial charge in [-0.1, -0.05) is 6.07 Å². The monoisotopic (exact) mass is 428 g/mol. The summed E-state index contributed by atoms with van der Waals surface area (Å²) in [5, 5.41) is 3.00. The lowest BCUT2D eigenvalue weighted by molar-refractivity contribution is -0.130. The number of likely N-dealkylation sites (tertiary alicyclic amines) is 1. The van der Waals surface area contributed by atoms with Crippen LogP contribution < -0.4 is 10.9 Å². The van der Waals surface area contributed by atoms with Gasteiger partial charge in [-0.25, -0.2) is 9.37 Å². The van der Waals surface area contributed by atoms with E-state index < -0.39 is 11.7 Å². The third kappa shape index (κ3) is 3.72. The van der Waals surface area contributed by atoms with Gasteiger partial charge in [0.15, 0.2) is 0 Å². The van der Waals surface area contributed by atoms with Gasteiger partial charge in [0.2, 0.25) is 5.91 Å². The van der Waals surface area contributed by atoms with Crippen molar-refractivity contribution in [2.45, 2.75) is 33.2 Å². The van der Waals surface area contributed by atoms with Crippen molar-refractivity contribution >= 4 is 39.1 Å². The maximum atomic E-state index is 13.8. The molecule has 2 amide bonds. The Bertz CT molecular complexity index is 1210. The Labute approximate surface area is 176 Å². The molecule has 9 heteroatoms. The predicted molar refractivity (Wildman–Crippen MR) is 114 cm³/mol. The minimum atomic E-state index is -0.433. The zero-order valence-corrected chi connectivity index (χ0v) is 17.5. The van der Waals surface area contributed by atoms with Crippen LogP contribution in [-0.2, 0) is 11.3 Å². The molecule has 0 unspecified atom stereocenters. The summed E-state index contributed by atoms with van der Waals surface area (Å²) in [5.74, 6) is -0.950. The number of aromatic nitrogens is 2. The van der Waals surface area contributed by atoms with Crippen LogP contribution in [-0.4, -0.2) is 39.4 Å². The number of anilines is 1. The number of amides is 2. The summed E-state index contributed by atoms with van der Waals surface area (Å²) in [4.78, 5) is 44.9. The molecule has 4 rings (SSSR count). The number of hydrogen-bond acceptors (Lipinski definition) is 5. The number of hydrogen-bond donors (Lipinski definition) is 1. The minimum Gasteiger partial charge on any atom is -0.341 e. The van der Waals surface area contributed by atoms with Gasteiger partial charge in [0.1, 0.15) is 17.2 Å². The third-order valence-corrected chi connectivity index (χ3v) is 6.52. The molecule has 2 aromatic heterocycles. The number of rotatable bonds is 4. The van der Waals surface area contributed by atoms with Crippen molar-refractivity contribution < 1.29 is 14.0 Å². The topological polar surface area (TPSA) is 84.3 Å². The second kappa shape index (κ2) is 7.98. The highest BCUT2D eigenvalue weighted by molar-refractivity contribution is 7.20. The van der Waals surface area contributed by atoms with Crippen molar-refractivity contribution in [3.05, 3.63) is 56.7 Å². The number of thiophene rings is 1. The largest absolute Gasteiger partial charge is 0.341 e. The second-order valence-corrected chi connectivity index (χ2v) is 8.42. The van der Waals surface area contributed by atoms with Crippen LogP contribution in [0.5, 0.6) is 0 Å².